The van der Waals surface area contributed by atoms with E-state index in [9.17, 15) is 8.42 Å². The van der Waals surface area contributed by atoms with Gasteiger partial charge in [-0.15, -0.1) is 0 Å². The monoisotopic (exact) mass is 366 g/mol. The number of halogens is 1. The zero-order valence-electron chi connectivity index (χ0n) is 13.3. The second kappa shape index (κ2) is 7.04. The van der Waals surface area contributed by atoms with Gasteiger partial charge in [-0.2, -0.15) is 0 Å². The largest absolute Gasteiger partial charge is 0.339 e. The quantitative estimate of drug-likeness (QED) is 0.899. The summed E-state index contributed by atoms with van der Waals surface area (Å²) in [6.07, 6.45) is 5.00. The Morgan fingerprint density at radius 2 is 2.04 bits per heavy atom. The van der Waals surface area contributed by atoms with Crippen molar-refractivity contribution in [3.05, 3.63) is 47.2 Å². The maximum atomic E-state index is 12.6. The molecule has 0 amide bonds. The fourth-order valence-corrected chi connectivity index (χ4v) is 4.68. The van der Waals surface area contributed by atoms with E-state index in [0.717, 1.165) is 24.9 Å². The molecule has 1 atom stereocenters. The Kier molecular flexibility index (Phi) is 5.03. The van der Waals surface area contributed by atoms with E-state index in [0.29, 0.717) is 12.5 Å². The van der Waals surface area contributed by atoms with Crippen LogP contribution in [0.5, 0.6) is 0 Å². The summed E-state index contributed by atoms with van der Waals surface area (Å²) in [5.41, 5.74) is 0.920. The topological polar surface area (TPSA) is 75.2 Å². The van der Waals surface area contributed by atoms with Crippen LogP contribution in [0.3, 0.4) is 0 Å². The summed E-state index contributed by atoms with van der Waals surface area (Å²) in [6, 6.07) is 6.49. The summed E-state index contributed by atoms with van der Waals surface area (Å²) < 4.78 is 28.0. The molecule has 0 bridgehead atoms. The highest BCUT2D eigenvalue weighted by atomic mass is 35.5. The average Bonchev–Trinajstić information content (AvgIpc) is 2.55. The SMILES string of the molecule is Cc1ccc(S(=O)(=O)N[C@H]2CCCN(c3ncccn3)C2)c(Cl)c1. The second-order valence-electron chi connectivity index (χ2n) is 5.89. The van der Waals surface area contributed by atoms with Crippen molar-refractivity contribution in [2.45, 2.75) is 30.7 Å². The van der Waals surface area contributed by atoms with Crippen LogP contribution >= 0.6 is 11.6 Å². The molecule has 128 valence electrons. The molecule has 1 aromatic carbocycles. The van der Waals surface area contributed by atoms with Gasteiger partial charge in [-0.25, -0.2) is 23.1 Å². The van der Waals surface area contributed by atoms with E-state index in [4.69, 9.17) is 11.6 Å². The van der Waals surface area contributed by atoms with Crippen molar-refractivity contribution in [2.24, 2.45) is 0 Å². The van der Waals surface area contributed by atoms with Gasteiger partial charge in [-0.1, -0.05) is 17.7 Å². The van der Waals surface area contributed by atoms with Crippen LogP contribution < -0.4 is 9.62 Å². The summed E-state index contributed by atoms with van der Waals surface area (Å²) >= 11 is 6.11. The number of rotatable bonds is 4. The predicted molar refractivity (Wildman–Crippen MR) is 93.8 cm³/mol. The van der Waals surface area contributed by atoms with Crippen LogP contribution in [-0.2, 0) is 10.0 Å². The number of piperidine rings is 1. The van der Waals surface area contributed by atoms with Crippen LogP contribution in [0.25, 0.3) is 0 Å². The number of sulfonamides is 1. The molecule has 1 N–H and O–H groups in total. The Balaban J connectivity index is 1.75. The number of anilines is 1. The first-order valence-corrected chi connectivity index (χ1v) is 9.62. The van der Waals surface area contributed by atoms with E-state index in [2.05, 4.69) is 14.7 Å². The van der Waals surface area contributed by atoms with Gasteiger partial charge in [-0.05, 0) is 43.5 Å². The molecule has 1 aromatic heterocycles. The third-order valence-corrected chi connectivity index (χ3v) is 5.96. The van der Waals surface area contributed by atoms with Crippen molar-refractivity contribution < 1.29 is 8.42 Å². The summed E-state index contributed by atoms with van der Waals surface area (Å²) in [4.78, 5) is 10.6. The average molecular weight is 367 g/mol. The first kappa shape index (κ1) is 17.1. The number of hydrogen-bond donors (Lipinski definition) is 1. The van der Waals surface area contributed by atoms with Gasteiger partial charge in [-0.3, -0.25) is 0 Å². The molecule has 8 heteroatoms. The number of benzene rings is 1. The van der Waals surface area contributed by atoms with E-state index in [-0.39, 0.29) is 16.0 Å². The van der Waals surface area contributed by atoms with Crippen molar-refractivity contribution in [3.63, 3.8) is 0 Å². The molecule has 1 aliphatic heterocycles. The molecule has 0 unspecified atom stereocenters. The standard InChI is InChI=1S/C16H19ClN4O2S/c1-12-5-6-15(14(17)10-12)24(22,23)20-13-4-2-9-21(11-13)16-18-7-3-8-19-16/h3,5-8,10,13,20H,2,4,9,11H2,1H3/t13-/m0/s1. The molecule has 0 saturated carbocycles. The predicted octanol–water partition coefficient (Wildman–Crippen LogP) is 2.39. The van der Waals surface area contributed by atoms with Gasteiger partial charge in [0.15, 0.2) is 0 Å². The van der Waals surface area contributed by atoms with E-state index >= 15 is 0 Å². The molecule has 0 radical (unpaired) electrons. The van der Waals surface area contributed by atoms with E-state index < -0.39 is 10.0 Å². The van der Waals surface area contributed by atoms with Crippen molar-refractivity contribution in [1.29, 1.82) is 0 Å². The first-order valence-electron chi connectivity index (χ1n) is 7.76. The minimum atomic E-state index is -3.66. The summed E-state index contributed by atoms with van der Waals surface area (Å²) in [5, 5.41) is 0.238. The van der Waals surface area contributed by atoms with Crippen LogP contribution in [0.4, 0.5) is 5.95 Å². The van der Waals surface area contributed by atoms with Gasteiger partial charge in [0.05, 0.1) is 5.02 Å². The van der Waals surface area contributed by atoms with Gasteiger partial charge in [0.1, 0.15) is 4.90 Å². The van der Waals surface area contributed by atoms with E-state index in [1.807, 2.05) is 11.8 Å². The fourth-order valence-electron chi connectivity index (χ4n) is 2.82. The highest BCUT2D eigenvalue weighted by Gasteiger charge is 2.27. The summed E-state index contributed by atoms with van der Waals surface area (Å²) in [6.45, 7) is 3.22. The fraction of sp³-hybridized carbons (Fsp3) is 0.375. The first-order chi connectivity index (χ1) is 11.5. The molecule has 1 saturated heterocycles. The van der Waals surface area contributed by atoms with Gasteiger partial charge in [0, 0.05) is 31.5 Å². The lowest BCUT2D eigenvalue weighted by Gasteiger charge is -2.32. The molecular weight excluding hydrogens is 348 g/mol. The molecule has 24 heavy (non-hydrogen) atoms. The normalized spacial score (nSPS) is 18.6. The minimum absolute atomic E-state index is 0.114. The van der Waals surface area contributed by atoms with E-state index in [1.54, 1.807) is 36.7 Å². The Hall–Kier alpha value is -1.70. The third-order valence-electron chi connectivity index (χ3n) is 3.96. The maximum Gasteiger partial charge on any atom is 0.242 e. The third kappa shape index (κ3) is 3.85. The van der Waals surface area contributed by atoms with Gasteiger partial charge < -0.3 is 4.90 Å². The molecule has 1 fully saturated rings. The van der Waals surface area contributed by atoms with Crippen molar-refractivity contribution in [2.75, 3.05) is 18.0 Å². The zero-order valence-corrected chi connectivity index (χ0v) is 14.9. The number of aromatic nitrogens is 2. The van der Waals surface area contributed by atoms with Crippen molar-refractivity contribution in [3.8, 4) is 0 Å². The van der Waals surface area contributed by atoms with Crippen LogP contribution in [0.2, 0.25) is 5.02 Å². The number of nitrogens with one attached hydrogen (secondary N) is 1. The molecule has 1 aliphatic rings. The maximum absolute atomic E-state index is 12.6. The lowest BCUT2D eigenvalue weighted by molar-refractivity contribution is 0.461. The molecular formula is C16H19ClN4O2S. The number of hydrogen-bond acceptors (Lipinski definition) is 5. The lowest BCUT2D eigenvalue weighted by atomic mass is 10.1. The Bertz CT molecular complexity index is 814. The van der Waals surface area contributed by atoms with Crippen LogP contribution in [0.15, 0.2) is 41.6 Å². The lowest BCUT2D eigenvalue weighted by Crippen LogP contribution is -2.48. The van der Waals surface area contributed by atoms with Gasteiger partial charge in [0.25, 0.3) is 0 Å². The molecule has 6 nitrogen and oxygen atoms in total. The van der Waals surface area contributed by atoms with Gasteiger partial charge >= 0.3 is 0 Å². The highest BCUT2D eigenvalue weighted by Crippen LogP contribution is 2.24. The molecule has 0 spiro atoms. The molecule has 2 aromatic rings. The molecule has 2 heterocycles. The number of aryl methyl sites for hydroxylation is 1. The zero-order chi connectivity index (χ0) is 17.2. The number of nitrogens with zero attached hydrogens (tertiary/aromatic N) is 3. The Morgan fingerprint density at radius 1 is 1.29 bits per heavy atom. The Morgan fingerprint density at radius 3 is 2.75 bits per heavy atom. The smallest absolute Gasteiger partial charge is 0.242 e. The van der Waals surface area contributed by atoms with Crippen LogP contribution in [0, 0.1) is 6.92 Å². The molecule has 3 rings (SSSR count). The Labute approximate surface area is 146 Å². The minimum Gasteiger partial charge on any atom is -0.339 e. The van der Waals surface area contributed by atoms with Crippen molar-refractivity contribution >= 4 is 27.6 Å². The van der Waals surface area contributed by atoms with E-state index in [1.165, 1.54) is 0 Å². The summed E-state index contributed by atoms with van der Waals surface area (Å²) in [5.74, 6) is 0.620. The highest BCUT2D eigenvalue weighted by molar-refractivity contribution is 7.89. The van der Waals surface area contributed by atoms with Crippen LogP contribution in [0.1, 0.15) is 18.4 Å². The van der Waals surface area contributed by atoms with Crippen molar-refractivity contribution in [1.82, 2.24) is 14.7 Å². The second-order valence-corrected chi connectivity index (χ2v) is 7.98. The van der Waals surface area contributed by atoms with Crippen LogP contribution in [-0.4, -0.2) is 37.5 Å². The molecule has 0 aliphatic carbocycles. The van der Waals surface area contributed by atoms with Gasteiger partial charge in [0.2, 0.25) is 16.0 Å². The summed E-state index contributed by atoms with van der Waals surface area (Å²) in [7, 11) is -3.66.